The minimum Gasteiger partial charge on any atom is -0.388 e. The molecule has 2 aliphatic heterocycles. The van der Waals surface area contributed by atoms with Crippen molar-refractivity contribution in [1.82, 2.24) is 5.32 Å². The molecule has 2 N–H and O–H groups in total. The highest BCUT2D eigenvalue weighted by Gasteiger charge is 2.33. The molecule has 0 aliphatic carbocycles. The van der Waals surface area contributed by atoms with Gasteiger partial charge in [-0.05, 0) is 11.1 Å². The minimum atomic E-state index is -0.726. The third-order valence-electron chi connectivity index (χ3n) is 3.35. The Morgan fingerprint density at radius 1 is 1.28 bits per heavy atom. The molecule has 4 nitrogen and oxygen atoms in total. The first kappa shape index (κ1) is 11.2. The van der Waals surface area contributed by atoms with E-state index in [4.69, 9.17) is 0 Å². The highest BCUT2D eigenvalue weighted by Crippen LogP contribution is 2.32. The summed E-state index contributed by atoms with van der Waals surface area (Å²) in [6, 6.07) is 9.93. The summed E-state index contributed by atoms with van der Waals surface area (Å²) < 4.78 is 0. The van der Waals surface area contributed by atoms with Crippen LogP contribution in [0.4, 0.5) is 0 Å². The molecule has 1 amide bonds. The molecule has 1 fully saturated rings. The molecule has 0 bridgehead atoms. The van der Waals surface area contributed by atoms with Crippen LogP contribution in [0, 0.1) is 0 Å². The van der Waals surface area contributed by atoms with E-state index in [2.05, 4.69) is 10.3 Å². The number of aliphatic hydroxyl groups excluding tert-OH is 1. The molecule has 2 unspecified atom stereocenters. The van der Waals surface area contributed by atoms with Crippen molar-refractivity contribution >= 4 is 17.7 Å². The van der Waals surface area contributed by atoms with Gasteiger partial charge in [0.15, 0.2) is 0 Å². The zero-order valence-electron chi connectivity index (χ0n) is 9.84. The van der Waals surface area contributed by atoms with E-state index in [0.29, 0.717) is 6.42 Å². The number of dihydropyridines is 1. The van der Waals surface area contributed by atoms with E-state index in [-0.39, 0.29) is 12.3 Å². The number of aliphatic hydroxyl groups is 1. The van der Waals surface area contributed by atoms with Crippen LogP contribution in [0.2, 0.25) is 0 Å². The van der Waals surface area contributed by atoms with E-state index >= 15 is 0 Å². The first-order chi connectivity index (χ1) is 8.75. The number of fused-ring (bicyclic) bond motifs is 1. The maximum absolute atomic E-state index is 11.4. The minimum absolute atomic E-state index is 0.123. The van der Waals surface area contributed by atoms with Gasteiger partial charge in [0.2, 0.25) is 5.91 Å². The van der Waals surface area contributed by atoms with Gasteiger partial charge < -0.3 is 10.4 Å². The number of piperidine rings is 1. The van der Waals surface area contributed by atoms with Gasteiger partial charge in [0, 0.05) is 18.2 Å². The van der Waals surface area contributed by atoms with Crippen LogP contribution in [0.5, 0.6) is 0 Å². The highest BCUT2D eigenvalue weighted by atomic mass is 16.3. The lowest BCUT2D eigenvalue weighted by Crippen LogP contribution is -2.47. The van der Waals surface area contributed by atoms with Crippen molar-refractivity contribution in [3.05, 3.63) is 41.5 Å². The number of hydrogen-bond acceptors (Lipinski definition) is 3. The molecular weight excluding hydrogens is 228 g/mol. The molecule has 0 saturated carbocycles. The fourth-order valence-electron chi connectivity index (χ4n) is 2.53. The molecule has 2 aliphatic rings. The van der Waals surface area contributed by atoms with E-state index < -0.39 is 12.3 Å². The largest absolute Gasteiger partial charge is 0.388 e. The van der Waals surface area contributed by atoms with Crippen LogP contribution >= 0.6 is 0 Å². The Balaban J connectivity index is 2.07. The quantitative estimate of drug-likeness (QED) is 0.775. The molecule has 1 aromatic carbocycles. The van der Waals surface area contributed by atoms with Gasteiger partial charge in [-0.15, -0.1) is 0 Å². The Morgan fingerprint density at radius 2 is 2.06 bits per heavy atom. The Kier molecular flexibility index (Phi) is 2.72. The van der Waals surface area contributed by atoms with Crippen LogP contribution in [0.1, 0.15) is 18.4 Å². The second-order valence-electron chi connectivity index (χ2n) is 4.53. The number of nitrogens with one attached hydrogen (secondary N) is 1. The van der Waals surface area contributed by atoms with Gasteiger partial charge in [0.05, 0.1) is 12.5 Å². The van der Waals surface area contributed by atoms with E-state index in [1.54, 1.807) is 6.21 Å². The van der Waals surface area contributed by atoms with Crippen molar-refractivity contribution in [3.63, 3.8) is 0 Å². The molecule has 2 atom stereocenters. The molecule has 92 valence electrons. The maximum Gasteiger partial charge on any atom is 0.224 e. The standard InChI is InChI=1S/C14H14N2O2/c17-11-8-12(18)16-14-13(11)10(6-7-15-14)9-4-2-1-3-5-9/h1-5,7,11,14,17H,6,8H2,(H,16,18). The number of rotatable bonds is 1. The number of hydrogen-bond donors (Lipinski definition) is 2. The number of benzene rings is 1. The molecule has 1 aromatic rings. The second-order valence-corrected chi connectivity index (χ2v) is 4.53. The van der Waals surface area contributed by atoms with Gasteiger partial charge in [-0.2, -0.15) is 0 Å². The van der Waals surface area contributed by atoms with E-state index in [9.17, 15) is 9.90 Å². The summed E-state index contributed by atoms with van der Waals surface area (Å²) in [5.74, 6) is -0.150. The van der Waals surface area contributed by atoms with Gasteiger partial charge in [-0.3, -0.25) is 9.79 Å². The number of carbonyl (C=O) groups is 1. The lowest BCUT2D eigenvalue weighted by atomic mass is 9.87. The smallest absolute Gasteiger partial charge is 0.224 e. The number of carbonyl (C=O) groups excluding carboxylic acids is 1. The summed E-state index contributed by atoms with van der Waals surface area (Å²) >= 11 is 0. The summed E-state index contributed by atoms with van der Waals surface area (Å²) in [7, 11) is 0. The van der Waals surface area contributed by atoms with Crippen molar-refractivity contribution in [2.75, 3.05) is 0 Å². The van der Waals surface area contributed by atoms with Crippen LogP contribution in [0.25, 0.3) is 5.57 Å². The zero-order valence-corrected chi connectivity index (χ0v) is 9.84. The molecule has 18 heavy (non-hydrogen) atoms. The fourth-order valence-corrected chi connectivity index (χ4v) is 2.53. The summed E-state index contributed by atoms with van der Waals surface area (Å²) in [5.41, 5.74) is 2.99. The Morgan fingerprint density at radius 3 is 2.83 bits per heavy atom. The molecular formula is C14H14N2O2. The molecule has 4 heteroatoms. The zero-order chi connectivity index (χ0) is 12.5. The first-order valence-corrected chi connectivity index (χ1v) is 6.03. The summed E-state index contributed by atoms with van der Waals surface area (Å²) in [4.78, 5) is 15.7. The van der Waals surface area contributed by atoms with Gasteiger partial charge in [0.1, 0.15) is 6.17 Å². The van der Waals surface area contributed by atoms with Crippen molar-refractivity contribution in [2.24, 2.45) is 4.99 Å². The van der Waals surface area contributed by atoms with Gasteiger partial charge in [-0.25, -0.2) is 0 Å². The number of aliphatic imine (C=N–C) groups is 1. The second kappa shape index (κ2) is 4.38. The normalized spacial score (nSPS) is 26.8. The third-order valence-corrected chi connectivity index (χ3v) is 3.35. The average molecular weight is 242 g/mol. The van der Waals surface area contributed by atoms with Gasteiger partial charge in [-0.1, -0.05) is 30.3 Å². The first-order valence-electron chi connectivity index (χ1n) is 6.03. The van der Waals surface area contributed by atoms with Gasteiger partial charge >= 0.3 is 0 Å². The molecule has 3 rings (SSSR count). The maximum atomic E-state index is 11.4. The van der Waals surface area contributed by atoms with Crippen molar-refractivity contribution < 1.29 is 9.90 Å². The van der Waals surface area contributed by atoms with Crippen LogP contribution in [-0.4, -0.2) is 29.5 Å². The third kappa shape index (κ3) is 1.84. The van der Waals surface area contributed by atoms with Crippen molar-refractivity contribution in [1.29, 1.82) is 0 Å². The molecule has 0 radical (unpaired) electrons. The monoisotopic (exact) mass is 242 g/mol. The van der Waals surface area contributed by atoms with E-state index in [0.717, 1.165) is 16.7 Å². The highest BCUT2D eigenvalue weighted by molar-refractivity contribution is 5.88. The molecule has 2 heterocycles. The van der Waals surface area contributed by atoms with Crippen LogP contribution in [0.15, 0.2) is 40.9 Å². The van der Waals surface area contributed by atoms with Crippen molar-refractivity contribution in [3.8, 4) is 0 Å². The summed E-state index contributed by atoms with van der Waals surface area (Å²) in [6.45, 7) is 0. The molecule has 0 spiro atoms. The van der Waals surface area contributed by atoms with E-state index in [1.165, 1.54) is 0 Å². The van der Waals surface area contributed by atoms with Crippen molar-refractivity contribution in [2.45, 2.75) is 25.1 Å². The summed E-state index contributed by atoms with van der Waals surface area (Å²) in [6.07, 6.45) is 1.50. The average Bonchev–Trinajstić information content (AvgIpc) is 2.38. The van der Waals surface area contributed by atoms with Crippen LogP contribution in [-0.2, 0) is 4.79 Å². The predicted molar refractivity (Wildman–Crippen MR) is 69.0 cm³/mol. The number of amides is 1. The predicted octanol–water partition coefficient (Wildman–Crippen LogP) is 1.12. The Labute approximate surface area is 105 Å². The number of nitrogens with zero attached hydrogens (tertiary/aromatic N) is 1. The van der Waals surface area contributed by atoms with Crippen LogP contribution in [0.3, 0.4) is 0 Å². The Bertz CT molecular complexity index is 534. The number of allylic oxidation sites excluding steroid dienone is 1. The SMILES string of the molecule is O=C1CC(O)C2=C(c3ccccc3)CC=NC2N1. The lowest BCUT2D eigenvalue weighted by molar-refractivity contribution is -0.124. The fraction of sp³-hybridized carbons (Fsp3) is 0.286. The topological polar surface area (TPSA) is 61.7 Å². The van der Waals surface area contributed by atoms with E-state index in [1.807, 2.05) is 30.3 Å². The summed E-state index contributed by atoms with van der Waals surface area (Å²) in [5, 5.41) is 12.9. The van der Waals surface area contributed by atoms with Crippen LogP contribution < -0.4 is 5.32 Å². The molecule has 0 aromatic heterocycles. The lowest BCUT2D eigenvalue weighted by Gasteiger charge is -2.32. The Hall–Kier alpha value is -1.94. The van der Waals surface area contributed by atoms with Gasteiger partial charge in [0.25, 0.3) is 0 Å². The molecule has 1 saturated heterocycles.